The van der Waals surface area contributed by atoms with Crippen LogP contribution in [0.5, 0.6) is 0 Å². The molecule has 69 heavy (non-hydrogen) atoms. The molecule has 6 fully saturated rings. The largest absolute Gasteiger partial charge is 1.00 e. The Morgan fingerprint density at radius 3 is 1.22 bits per heavy atom. The quantitative estimate of drug-likeness (QED) is 0.101. The smallest absolute Gasteiger partial charge is 1.00 e. The first kappa shape index (κ1) is 74.0. The number of esters is 1. The fourth-order valence-electron chi connectivity index (χ4n) is 10.8. The number of hydrogen-bond acceptors (Lipinski definition) is 8. The van der Waals surface area contributed by atoms with E-state index in [1.165, 1.54) is 89.9 Å². The molecule has 0 amide bonds. The second-order valence-electron chi connectivity index (χ2n) is 20.2. The third-order valence-electron chi connectivity index (χ3n) is 14.6. The first-order valence-electron chi connectivity index (χ1n) is 25.9. The molecule has 3 N–H and O–H groups in total. The van der Waals surface area contributed by atoms with E-state index in [1.807, 2.05) is 20.8 Å². The molecular weight excluding hydrogens is 1170 g/mol. The van der Waals surface area contributed by atoms with Crippen LogP contribution < -0.4 is 75.4 Å². The van der Waals surface area contributed by atoms with Crippen molar-refractivity contribution >= 4 is 83.4 Å². The summed E-state index contributed by atoms with van der Waals surface area (Å²) < 4.78 is 14.9. The zero-order chi connectivity index (χ0) is 48.9. The summed E-state index contributed by atoms with van der Waals surface area (Å²) in [4.78, 5) is 12.8. The number of fused-ring (bicyclic) bond motifs is 4. The summed E-state index contributed by atoms with van der Waals surface area (Å²) in [6, 6.07) is 0. The SMILES string of the molecule is BrBr.C1CCOC1.CC(C)(C)[O-].CCOC(=O)C1[C@H]2CC/C=C\CC[C@@H]12.CCOCC.OCC1[C@H]2CC/C=C\CC[C@@H]12.OCC1[C@H]2CCC#CCC[C@@H]12.OCC1[C@H]2CCC(Br)C(Br)CC[C@@H]12.[AlH3].[H-].[K+].[Li+]. The van der Waals surface area contributed by atoms with Crippen molar-refractivity contribution < 1.29 is 111 Å². The molecule has 0 aromatic rings. The van der Waals surface area contributed by atoms with E-state index in [2.05, 4.69) is 96.3 Å². The first-order valence-corrected chi connectivity index (χ1v) is 31.4. The Balaban J connectivity index is -0.000000760. The molecule has 392 valence electrons. The number of ether oxygens (including phenoxy) is 3. The van der Waals surface area contributed by atoms with Gasteiger partial charge in [0.25, 0.3) is 0 Å². The van der Waals surface area contributed by atoms with E-state index in [4.69, 9.17) is 29.5 Å². The molecule has 0 bridgehead atoms. The summed E-state index contributed by atoms with van der Waals surface area (Å²) in [6.45, 7) is 16.2. The Morgan fingerprint density at radius 2 is 0.942 bits per heavy atom. The molecule has 8 nitrogen and oxygen atoms in total. The van der Waals surface area contributed by atoms with Gasteiger partial charge >= 0.3 is 76.2 Å². The third-order valence-corrected chi connectivity index (χ3v) is 17.5. The first-order chi connectivity index (χ1) is 31.9. The zero-order valence-corrected chi connectivity index (χ0v) is 53.1. The van der Waals surface area contributed by atoms with Gasteiger partial charge < -0.3 is 36.1 Å². The van der Waals surface area contributed by atoms with Crippen molar-refractivity contribution in [2.24, 2.45) is 71.0 Å². The van der Waals surface area contributed by atoms with Crippen molar-refractivity contribution in [2.45, 2.75) is 172 Å². The van der Waals surface area contributed by atoms with Gasteiger partial charge in [0.2, 0.25) is 0 Å². The topological polar surface area (TPSA) is 129 Å². The predicted molar refractivity (Wildman–Crippen MR) is 296 cm³/mol. The Kier molecular flexibility index (Phi) is 47.1. The average Bonchev–Trinajstić information content (AvgIpc) is 4.25. The molecule has 14 atom stereocenters. The second-order valence-corrected chi connectivity index (χ2v) is 22.6. The molecule has 6 unspecified atom stereocenters. The minimum absolute atomic E-state index is 0. The number of carbonyl (C=O) groups excluding carboxylic acids is 1. The number of carbonyl (C=O) groups is 1. The molecule has 1 heterocycles. The Morgan fingerprint density at radius 1 is 0.623 bits per heavy atom. The van der Waals surface area contributed by atoms with Crippen LogP contribution in [0, 0.1) is 82.9 Å². The van der Waals surface area contributed by atoms with Crippen LogP contribution in [0.3, 0.4) is 0 Å². The molecule has 15 heteroatoms. The van der Waals surface area contributed by atoms with Crippen LogP contribution in [0.2, 0.25) is 0 Å². The van der Waals surface area contributed by atoms with Gasteiger partial charge in [0.1, 0.15) is 0 Å². The second kappa shape index (κ2) is 43.9. The van der Waals surface area contributed by atoms with E-state index in [0.717, 1.165) is 87.6 Å². The number of allylic oxidation sites excluding steroid dienone is 4. The zero-order valence-electron chi connectivity index (χ0n) is 44.7. The molecule has 1 aliphatic heterocycles. The van der Waals surface area contributed by atoms with Crippen molar-refractivity contribution in [3.63, 3.8) is 0 Å². The Labute approximate surface area is 520 Å². The van der Waals surface area contributed by atoms with Crippen molar-refractivity contribution in [2.75, 3.05) is 52.9 Å². The Hall–Kier alpha value is 2.96. The van der Waals surface area contributed by atoms with Crippen LogP contribution in [0.4, 0.5) is 0 Å². The third kappa shape index (κ3) is 31.2. The number of aliphatic hydroxyl groups excluding tert-OH is 3. The average molecular weight is 1260 g/mol. The monoisotopic (exact) mass is 1260 g/mol. The van der Waals surface area contributed by atoms with E-state index >= 15 is 0 Å². The van der Waals surface area contributed by atoms with Crippen LogP contribution in [0.1, 0.15) is 159 Å². The minimum atomic E-state index is -0.750. The molecule has 9 rings (SSSR count). The van der Waals surface area contributed by atoms with E-state index in [9.17, 15) is 9.90 Å². The van der Waals surface area contributed by atoms with Crippen molar-refractivity contribution in [1.82, 2.24) is 0 Å². The molecule has 0 radical (unpaired) electrons. The number of rotatable bonds is 7. The van der Waals surface area contributed by atoms with E-state index in [-0.39, 0.29) is 101 Å². The summed E-state index contributed by atoms with van der Waals surface area (Å²) in [5.41, 5.74) is -0.750. The van der Waals surface area contributed by atoms with Gasteiger partial charge in [0, 0.05) is 97.0 Å². The van der Waals surface area contributed by atoms with Gasteiger partial charge in [-0.1, -0.05) is 76.9 Å². The molecular formula is C54H95AlBr4KLiO8. The van der Waals surface area contributed by atoms with Crippen LogP contribution in [-0.4, -0.2) is 107 Å². The summed E-state index contributed by atoms with van der Waals surface area (Å²) >= 11 is 12.9. The van der Waals surface area contributed by atoms with Gasteiger partial charge in [0.15, 0.2) is 17.4 Å². The maximum absolute atomic E-state index is 11.6. The van der Waals surface area contributed by atoms with E-state index in [1.54, 1.807) is 20.8 Å². The number of aliphatic hydroxyl groups is 3. The van der Waals surface area contributed by atoms with Crippen LogP contribution in [-0.2, 0) is 19.0 Å². The molecule has 1 saturated heterocycles. The predicted octanol–water partition coefficient (Wildman–Crippen LogP) is 5.49. The van der Waals surface area contributed by atoms with Gasteiger partial charge in [-0.3, -0.25) is 4.79 Å². The van der Waals surface area contributed by atoms with E-state index in [0.29, 0.717) is 65.7 Å². The van der Waals surface area contributed by atoms with E-state index < -0.39 is 5.60 Å². The van der Waals surface area contributed by atoms with Crippen molar-refractivity contribution in [3.05, 3.63) is 24.3 Å². The van der Waals surface area contributed by atoms with Crippen molar-refractivity contribution in [1.29, 1.82) is 0 Å². The van der Waals surface area contributed by atoms with Crippen molar-refractivity contribution in [3.8, 4) is 11.8 Å². The summed E-state index contributed by atoms with van der Waals surface area (Å²) in [5, 5.41) is 37.2. The molecule has 8 aliphatic carbocycles. The fraction of sp³-hybridized carbons (Fsp3) is 0.870. The Bertz CT molecular complexity index is 1320. The minimum Gasteiger partial charge on any atom is -1.00 e. The summed E-state index contributed by atoms with van der Waals surface area (Å²) in [7, 11) is 0. The molecule has 0 aromatic heterocycles. The normalized spacial score (nSPS) is 34.2. The maximum Gasteiger partial charge on any atom is 1.00 e. The van der Waals surface area contributed by atoms with Crippen LogP contribution >= 0.6 is 60.1 Å². The summed E-state index contributed by atoms with van der Waals surface area (Å²) in [5.74, 6) is 14.8. The maximum atomic E-state index is 11.6. The van der Waals surface area contributed by atoms with Gasteiger partial charge in [-0.05, 0) is 189 Å². The van der Waals surface area contributed by atoms with Gasteiger partial charge in [-0.15, -0.1) is 17.4 Å². The molecule has 5 saturated carbocycles. The van der Waals surface area contributed by atoms with Gasteiger partial charge in [-0.2, -0.15) is 0 Å². The number of halogens is 4. The van der Waals surface area contributed by atoms with Crippen LogP contribution in [0.15, 0.2) is 24.3 Å². The van der Waals surface area contributed by atoms with Crippen LogP contribution in [0.25, 0.3) is 0 Å². The standard InChI is InChI=1S/C12H18O2.C10H16Br2O.C10H16O.C10H14O.C4H8O.C4H9O.C4H10O.Al.Br2.K.Li.4H/c1-2-14-12(13)11-9-7-5-3-4-6-8-10(9)11;11-9-3-1-6-7(8(6)5-13)2-4-10(9)12;2*11-7-10-8-5-3-1-2-4-6-9(8)10;1-2-4-5-3-1;1-4(2,3)5;1-3-5-4-2;;1-2;;;;;;/h3-4,9-11H,2,5-8H2,1H3;6-10,13H,1-5H2;1-2,8-11H,3-7H2;8-11H,3-7H2;1-4H2;1-3H3;3-4H2,1-2H3;;;;;;;;/q;;;;;-1;;;;2*+1;;;;-1/b4-3-;;2-1-;;;;;;;;;;;;/t9-,10+,11?;6-,7+,8?,9?,10?;2*8-,9+,10?;;;;;;;;;;;. The number of alkyl halides is 2. The molecule has 9 aliphatic rings. The molecule has 0 aromatic carbocycles. The molecule has 0 spiro atoms. The fourth-order valence-corrected chi connectivity index (χ4v) is 11.9. The number of hydrogen-bond donors (Lipinski definition) is 3. The summed E-state index contributed by atoms with van der Waals surface area (Å²) in [6.07, 6.45) is 31.0. The van der Waals surface area contributed by atoms with Gasteiger partial charge in [0.05, 0.1) is 12.5 Å². The van der Waals surface area contributed by atoms with Gasteiger partial charge in [-0.25, -0.2) is 0 Å².